The summed E-state index contributed by atoms with van der Waals surface area (Å²) in [6.45, 7) is 5.26. The predicted octanol–water partition coefficient (Wildman–Crippen LogP) is 3.52. The lowest BCUT2D eigenvalue weighted by molar-refractivity contribution is 0.0662. The topological polar surface area (TPSA) is 34.2 Å². The van der Waals surface area contributed by atoms with E-state index in [1.807, 2.05) is 18.5 Å². The number of ether oxygens (including phenoxy) is 1. The van der Waals surface area contributed by atoms with Gasteiger partial charge in [-0.3, -0.25) is 4.98 Å². The van der Waals surface area contributed by atoms with Crippen LogP contribution < -0.4 is 10.1 Å². The highest BCUT2D eigenvalue weighted by atomic mass is 16.5. The van der Waals surface area contributed by atoms with E-state index in [1.165, 1.54) is 11.1 Å². The first-order chi connectivity index (χ1) is 10.1. The number of pyridine rings is 1. The van der Waals surface area contributed by atoms with Crippen LogP contribution in [-0.2, 0) is 6.42 Å². The Morgan fingerprint density at radius 2 is 1.95 bits per heavy atom. The lowest BCUT2D eigenvalue weighted by Crippen LogP contribution is -2.39. The van der Waals surface area contributed by atoms with Crippen molar-refractivity contribution in [3.05, 3.63) is 59.9 Å². The lowest BCUT2D eigenvalue weighted by atomic mass is 9.89. The van der Waals surface area contributed by atoms with Crippen LogP contribution in [0.4, 0.5) is 0 Å². The van der Waals surface area contributed by atoms with Gasteiger partial charge in [0.1, 0.15) is 11.4 Å². The van der Waals surface area contributed by atoms with Gasteiger partial charge in [-0.25, -0.2) is 0 Å². The zero-order valence-electron chi connectivity index (χ0n) is 12.7. The van der Waals surface area contributed by atoms with E-state index in [9.17, 15) is 0 Å². The Hall–Kier alpha value is -1.87. The molecule has 3 nitrogen and oxygen atoms in total. The van der Waals surface area contributed by atoms with Crippen LogP contribution in [0.15, 0.2) is 48.8 Å². The summed E-state index contributed by atoms with van der Waals surface area (Å²) in [5.41, 5.74) is 2.46. The van der Waals surface area contributed by atoms with Crippen LogP contribution in [0.5, 0.6) is 5.75 Å². The van der Waals surface area contributed by atoms with Crippen LogP contribution in [0.25, 0.3) is 0 Å². The summed E-state index contributed by atoms with van der Waals surface area (Å²) in [6.07, 6.45) is 5.70. The van der Waals surface area contributed by atoms with Gasteiger partial charge in [0.2, 0.25) is 0 Å². The molecule has 1 aromatic carbocycles. The smallest absolute Gasteiger partial charge is 0.124 e. The molecule has 1 N–H and O–H groups in total. The van der Waals surface area contributed by atoms with Gasteiger partial charge in [0.05, 0.1) is 0 Å². The molecule has 2 heterocycles. The SMILES string of the molecule is CC1(C)CC(NCCc2ccncc2)c2ccccc2O1. The molecule has 1 aliphatic heterocycles. The van der Waals surface area contributed by atoms with Gasteiger partial charge in [-0.05, 0) is 50.6 Å². The van der Waals surface area contributed by atoms with Gasteiger partial charge in [0, 0.05) is 30.4 Å². The van der Waals surface area contributed by atoms with E-state index in [0.29, 0.717) is 6.04 Å². The molecule has 0 radical (unpaired) electrons. The molecule has 0 spiro atoms. The van der Waals surface area contributed by atoms with Crippen LogP contribution in [0.3, 0.4) is 0 Å². The minimum atomic E-state index is -0.122. The highest BCUT2D eigenvalue weighted by molar-refractivity contribution is 5.38. The third-order valence-electron chi connectivity index (χ3n) is 3.93. The van der Waals surface area contributed by atoms with Gasteiger partial charge in [-0.15, -0.1) is 0 Å². The predicted molar refractivity (Wildman–Crippen MR) is 84.5 cm³/mol. The minimum Gasteiger partial charge on any atom is -0.487 e. The molecule has 1 atom stereocenters. The molecule has 2 aromatic rings. The Morgan fingerprint density at radius 1 is 1.19 bits per heavy atom. The molecular formula is C18H22N2O. The molecule has 0 bridgehead atoms. The third-order valence-corrected chi connectivity index (χ3v) is 3.93. The zero-order valence-corrected chi connectivity index (χ0v) is 12.7. The maximum absolute atomic E-state index is 6.07. The monoisotopic (exact) mass is 282 g/mol. The summed E-state index contributed by atoms with van der Waals surface area (Å²) in [5.74, 6) is 1.01. The zero-order chi connectivity index (χ0) is 14.7. The van der Waals surface area contributed by atoms with Crippen LogP contribution in [0, 0.1) is 0 Å². The lowest BCUT2D eigenvalue weighted by Gasteiger charge is -2.38. The Kier molecular flexibility index (Phi) is 3.93. The van der Waals surface area contributed by atoms with Crippen molar-refractivity contribution in [1.29, 1.82) is 0 Å². The molecule has 1 aliphatic rings. The molecule has 0 saturated heterocycles. The molecule has 21 heavy (non-hydrogen) atoms. The van der Waals surface area contributed by atoms with E-state index in [4.69, 9.17) is 4.74 Å². The number of hydrogen-bond donors (Lipinski definition) is 1. The van der Waals surface area contributed by atoms with Gasteiger partial charge in [-0.2, -0.15) is 0 Å². The standard InChI is InChI=1S/C18H22N2O/c1-18(2)13-16(15-5-3-4-6-17(15)21-18)20-12-9-14-7-10-19-11-8-14/h3-8,10-11,16,20H,9,12-13H2,1-2H3. The molecule has 3 rings (SSSR count). The Morgan fingerprint density at radius 3 is 2.76 bits per heavy atom. The third kappa shape index (κ3) is 3.42. The second-order valence-corrected chi connectivity index (χ2v) is 6.22. The molecule has 0 fully saturated rings. The number of fused-ring (bicyclic) bond motifs is 1. The van der Waals surface area contributed by atoms with E-state index < -0.39 is 0 Å². The first kappa shape index (κ1) is 14.1. The van der Waals surface area contributed by atoms with E-state index in [2.05, 4.69) is 54.5 Å². The largest absolute Gasteiger partial charge is 0.487 e. The summed E-state index contributed by atoms with van der Waals surface area (Å²) >= 11 is 0. The number of para-hydroxylation sites is 1. The number of nitrogens with one attached hydrogen (secondary N) is 1. The van der Waals surface area contributed by atoms with Gasteiger partial charge in [0.25, 0.3) is 0 Å². The average molecular weight is 282 g/mol. The summed E-state index contributed by atoms with van der Waals surface area (Å²) in [7, 11) is 0. The maximum Gasteiger partial charge on any atom is 0.124 e. The van der Waals surface area contributed by atoms with Crippen LogP contribution in [0.1, 0.15) is 37.4 Å². The maximum atomic E-state index is 6.07. The van der Waals surface area contributed by atoms with E-state index in [-0.39, 0.29) is 5.60 Å². The quantitative estimate of drug-likeness (QED) is 0.931. The minimum absolute atomic E-state index is 0.122. The fourth-order valence-corrected chi connectivity index (χ4v) is 2.92. The van der Waals surface area contributed by atoms with Gasteiger partial charge >= 0.3 is 0 Å². The Balaban J connectivity index is 1.67. The van der Waals surface area contributed by atoms with Crippen molar-refractivity contribution in [2.45, 2.75) is 38.3 Å². The van der Waals surface area contributed by atoms with Gasteiger partial charge in [-0.1, -0.05) is 18.2 Å². The van der Waals surface area contributed by atoms with Crippen molar-refractivity contribution in [2.24, 2.45) is 0 Å². The number of rotatable bonds is 4. The molecule has 0 aliphatic carbocycles. The van der Waals surface area contributed by atoms with Crippen molar-refractivity contribution in [3.8, 4) is 5.75 Å². The highest BCUT2D eigenvalue weighted by Gasteiger charge is 2.32. The summed E-state index contributed by atoms with van der Waals surface area (Å²) in [5, 5.41) is 3.68. The summed E-state index contributed by atoms with van der Waals surface area (Å²) in [4.78, 5) is 4.06. The second-order valence-electron chi connectivity index (χ2n) is 6.22. The van der Waals surface area contributed by atoms with E-state index in [1.54, 1.807) is 0 Å². The van der Waals surface area contributed by atoms with Crippen molar-refractivity contribution < 1.29 is 4.74 Å². The fourth-order valence-electron chi connectivity index (χ4n) is 2.92. The van der Waals surface area contributed by atoms with Crippen molar-refractivity contribution in [2.75, 3.05) is 6.54 Å². The molecular weight excluding hydrogens is 260 g/mol. The molecule has 1 unspecified atom stereocenters. The first-order valence-electron chi connectivity index (χ1n) is 7.54. The number of nitrogens with zero attached hydrogens (tertiary/aromatic N) is 1. The fraction of sp³-hybridized carbons (Fsp3) is 0.389. The van der Waals surface area contributed by atoms with Crippen molar-refractivity contribution >= 4 is 0 Å². The molecule has 1 aromatic heterocycles. The number of hydrogen-bond acceptors (Lipinski definition) is 3. The van der Waals surface area contributed by atoms with Crippen molar-refractivity contribution in [1.82, 2.24) is 10.3 Å². The average Bonchev–Trinajstić information content (AvgIpc) is 2.47. The van der Waals surface area contributed by atoms with Crippen LogP contribution in [-0.4, -0.2) is 17.1 Å². The van der Waals surface area contributed by atoms with E-state index in [0.717, 1.165) is 25.1 Å². The molecule has 0 saturated carbocycles. The van der Waals surface area contributed by atoms with Crippen molar-refractivity contribution in [3.63, 3.8) is 0 Å². The normalized spacial score (nSPS) is 19.6. The Labute approximate surface area is 126 Å². The Bertz CT molecular complexity index is 595. The van der Waals surface area contributed by atoms with Crippen LogP contribution in [0.2, 0.25) is 0 Å². The van der Waals surface area contributed by atoms with Crippen LogP contribution >= 0.6 is 0 Å². The van der Waals surface area contributed by atoms with Gasteiger partial charge in [0.15, 0.2) is 0 Å². The summed E-state index contributed by atoms with van der Waals surface area (Å²) < 4.78 is 6.07. The summed E-state index contributed by atoms with van der Waals surface area (Å²) in [6, 6.07) is 12.8. The number of aromatic nitrogens is 1. The van der Waals surface area contributed by atoms with E-state index >= 15 is 0 Å². The molecule has 0 amide bonds. The molecule has 3 heteroatoms. The first-order valence-corrected chi connectivity index (χ1v) is 7.54. The van der Waals surface area contributed by atoms with Gasteiger partial charge < -0.3 is 10.1 Å². The number of benzene rings is 1. The highest BCUT2D eigenvalue weighted by Crippen LogP contribution is 2.39. The molecule has 110 valence electrons. The second kappa shape index (κ2) is 5.86.